The van der Waals surface area contributed by atoms with Gasteiger partial charge in [-0.1, -0.05) is 11.6 Å². The number of carbonyl (C=O) groups excluding carboxylic acids is 1. The fraction of sp³-hybridized carbons (Fsp3) is 0.333. The summed E-state index contributed by atoms with van der Waals surface area (Å²) in [4.78, 5) is 20.7. The summed E-state index contributed by atoms with van der Waals surface area (Å²) in [5.74, 6) is 1.53. The average molecular weight is 414 g/mol. The Hall–Kier alpha value is -2.77. The van der Waals surface area contributed by atoms with Crippen molar-refractivity contribution in [1.82, 2.24) is 9.97 Å². The van der Waals surface area contributed by atoms with E-state index in [4.69, 9.17) is 25.8 Å². The Kier molecular flexibility index (Phi) is 4.77. The van der Waals surface area contributed by atoms with Crippen molar-refractivity contribution in [3.8, 4) is 11.5 Å². The highest BCUT2D eigenvalue weighted by Gasteiger charge is 2.22. The van der Waals surface area contributed by atoms with Gasteiger partial charge in [0.25, 0.3) is 5.91 Å². The van der Waals surface area contributed by atoms with Crippen LogP contribution in [0.3, 0.4) is 0 Å². The molecule has 2 aromatic carbocycles. The molecule has 1 amide bonds. The van der Waals surface area contributed by atoms with Crippen molar-refractivity contribution in [2.45, 2.75) is 25.4 Å². The molecule has 1 atom stereocenters. The van der Waals surface area contributed by atoms with Gasteiger partial charge < -0.3 is 24.5 Å². The highest BCUT2D eigenvalue weighted by atomic mass is 35.5. The van der Waals surface area contributed by atoms with Gasteiger partial charge in [0.15, 0.2) is 11.5 Å². The van der Waals surface area contributed by atoms with E-state index in [9.17, 15) is 4.79 Å². The first kappa shape index (κ1) is 18.3. The van der Waals surface area contributed by atoms with Crippen LogP contribution >= 0.6 is 11.6 Å². The summed E-state index contributed by atoms with van der Waals surface area (Å²) < 4.78 is 17.0. The molecule has 0 radical (unpaired) electrons. The number of H-pyrrole nitrogens is 1. The molecule has 1 fully saturated rings. The maximum Gasteiger partial charge on any atom is 0.255 e. The van der Waals surface area contributed by atoms with Gasteiger partial charge in [-0.15, -0.1) is 0 Å². The Balaban J connectivity index is 1.38. The van der Waals surface area contributed by atoms with Gasteiger partial charge >= 0.3 is 0 Å². The van der Waals surface area contributed by atoms with Gasteiger partial charge in [0.05, 0.1) is 29.3 Å². The molecule has 2 N–H and O–H groups in total. The predicted octanol–water partition coefficient (Wildman–Crippen LogP) is 4.48. The minimum absolute atomic E-state index is 0.0179. The Labute approximate surface area is 172 Å². The Morgan fingerprint density at radius 2 is 2.03 bits per heavy atom. The van der Waals surface area contributed by atoms with Gasteiger partial charge in [-0.3, -0.25) is 4.79 Å². The van der Waals surface area contributed by atoms with Gasteiger partial charge in [0, 0.05) is 24.3 Å². The summed E-state index contributed by atoms with van der Waals surface area (Å²) >= 11 is 6.30. The predicted molar refractivity (Wildman–Crippen MR) is 109 cm³/mol. The highest BCUT2D eigenvalue weighted by molar-refractivity contribution is 6.32. The van der Waals surface area contributed by atoms with Crippen LogP contribution in [0.15, 0.2) is 30.3 Å². The second-order valence-corrected chi connectivity index (χ2v) is 7.55. The molecular formula is C21H20ClN3O4. The lowest BCUT2D eigenvalue weighted by atomic mass is 10.1. The van der Waals surface area contributed by atoms with Crippen LogP contribution in [0.4, 0.5) is 5.69 Å². The topological polar surface area (TPSA) is 85.5 Å². The molecule has 0 spiro atoms. The van der Waals surface area contributed by atoms with Crippen molar-refractivity contribution >= 4 is 34.2 Å². The van der Waals surface area contributed by atoms with Crippen molar-refractivity contribution < 1.29 is 19.0 Å². The zero-order valence-corrected chi connectivity index (χ0v) is 16.4. The molecule has 8 heteroatoms. The van der Waals surface area contributed by atoms with Crippen LogP contribution in [0.1, 0.15) is 41.5 Å². The van der Waals surface area contributed by atoms with Gasteiger partial charge in [0.1, 0.15) is 11.9 Å². The van der Waals surface area contributed by atoms with Crippen LogP contribution in [0.2, 0.25) is 5.02 Å². The van der Waals surface area contributed by atoms with E-state index in [1.54, 1.807) is 12.1 Å². The number of hydrogen-bond acceptors (Lipinski definition) is 5. The standard InChI is InChI=1S/C21H20ClN3O4/c22-14-9-12(10-18-19(14)29-8-2-7-28-18)21(26)23-13-4-5-15-16(11-13)25-20(24-15)17-3-1-6-27-17/h4-5,9-11,17H,1-3,6-8H2,(H,23,26)(H,24,25). The normalized spacial score (nSPS) is 18.6. The first-order valence-corrected chi connectivity index (χ1v) is 10.1. The lowest BCUT2D eigenvalue weighted by molar-refractivity contribution is 0.102. The lowest BCUT2D eigenvalue weighted by Crippen LogP contribution is -2.12. The minimum atomic E-state index is -0.277. The molecule has 29 heavy (non-hydrogen) atoms. The molecule has 2 aliphatic heterocycles. The van der Waals surface area contributed by atoms with E-state index in [1.165, 1.54) is 0 Å². The molecule has 5 rings (SSSR count). The number of imidazole rings is 1. The van der Waals surface area contributed by atoms with E-state index in [0.717, 1.165) is 42.7 Å². The van der Waals surface area contributed by atoms with Gasteiger partial charge in [-0.2, -0.15) is 0 Å². The molecule has 2 aliphatic rings. The molecule has 1 unspecified atom stereocenters. The molecule has 1 aromatic heterocycles. The summed E-state index contributed by atoms with van der Waals surface area (Å²) in [7, 11) is 0. The number of aromatic amines is 1. The molecule has 0 aliphatic carbocycles. The quantitative estimate of drug-likeness (QED) is 0.661. The first-order chi connectivity index (χ1) is 14.2. The maximum atomic E-state index is 12.8. The molecular weight excluding hydrogens is 394 g/mol. The van der Waals surface area contributed by atoms with Crippen LogP contribution in [0, 0.1) is 0 Å². The number of hydrogen-bond donors (Lipinski definition) is 2. The SMILES string of the molecule is O=C(Nc1ccc2nc(C3CCCO3)[nH]c2c1)c1cc(Cl)c2c(c1)OCCCO2. The number of nitrogens with zero attached hydrogens (tertiary/aromatic N) is 1. The summed E-state index contributed by atoms with van der Waals surface area (Å²) in [6.45, 7) is 1.83. The molecule has 7 nitrogen and oxygen atoms in total. The lowest BCUT2D eigenvalue weighted by Gasteiger charge is -2.12. The monoisotopic (exact) mass is 413 g/mol. The molecule has 0 saturated carbocycles. The van der Waals surface area contributed by atoms with Crippen LogP contribution in [-0.2, 0) is 4.74 Å². The minimum Gasteiger partial charge on any atom is -0.489 e. The van der Waals surface area contributed by atoms with Gasteiger partial charge in [-0.25, -0.2) is 4.98 Å². The molecule has 150 valence electrons. The molecule has 1 saturated heterocycles. The molecule has 3 heterocycles. The summed E-state index contributed by atoms with van der Waals surface area (Å²) in [6, 6.07) is 8.82. The van der Waals surface area contributed by atoms with Crippen molar-refractivity contribution in [2.75, 3.05) is 25.1 Å². The number of carbonyl (C=O) groups is 1. The van der Waals surface area contributed by atoms with Crippen molar-refractivity contribution in [2.24, 2.45) is 0 Å². The van der Waals surface area contributed by atoms with E-state index < -0.39 is 0 Å². The zero-order chi connectivity index (χ0) is 19.8. The number of nitrogens with one attached hydrogen (secondary N) is 2. The van der Waals surface area contributed by atoms with Crippen LogP contribution < -0.4 is 14.8 Å². The highest BCUT2D eigenvalue weighted by Crippen LogP contribution is 2.38. The number of amides is 1. The van der Waals surface area contributed by atoms with Crippen molar-refractivity contribution in [1.29, 1.82) is 0 Å². The Morgan fingerprint density at radius 3 is 2.90 bits per heavy atom. The first-order valence-electron chi connectivity index (χ1n) is 9.69. The number of halogens is 1. The number of fused-ring (bicyclic) bond motifs is 2. The van der Waals surface area contributed by atoms with Crippen molar-refractivity contribution in [3.63, 3.8) is 0 Å². The smallest absolute Gasteiger partial charge is 0.255 e. The van der Waals surface area contributed by atoms with E-state index in [0.29, 0.717) is 41.0 Å². The fourth-order valence-corrected chi connectivity index (χ4v) is 3.88. The van der Waals surface area contributed by atoms with Crippen molar-refractivity contribution in [3.05, 3.63) is 46.7 Å². The van der Waals surface area contributed by atoms with E-state index in [1.807, 2.05) is 18.2 Å². The zero-order valence-electron chi connectivity index (χ0n) is 15.7. The maximum absolute atomic E-state index is 12.8. The number of rotatable bonds is 3. The number of ether oxygens (including phenoxy) is 3. The summed E-state index contributed by atoms with van der Waals surface area (Å²) in [6.07, 6.45) is 2.80. The van der Waals surface area contributed by atoms with Crippen LogP contribution in [-0.4, -0.2) is 35.7 Å². The van der Waals surface area contributed by atoms with Gasteiger partial charge in [0.2, 0.25) is 0 Å². The number of aromatic nitrogens is 2. The van der Waals surface area contributed by atoms with Gasteiger partial charge in [-0.05, 0) is 43.2 Å². The van der Waals surface area contributed by atoms with Crippen LogP contribution in [0.25, 0.3) is 11.0 Å². The largest absolute Gasteiger partial charge is 0.489 e. The van der Waals surface area contributed by atoms with E-state index in [-0.39, 0.29) is 12.0 Å². The third kappa shape index (κ3) is 3.63. The fourth-order valence-electron chi connectivity index (χ4n) is 3.62. The third-order valence-electron chi connectivity index (χ3n) is 5.06. The second-order valence-electron chi connectivity index (χ2n) is 7.15. The summed E-state index contributed by atoms with van der Waals surface area (Å²) in [5.41, 5.74) is 2.76. The summed E-state index contributed by atoms with van der Waals surface area (Å²) in [5, 5.41) is 3.27. The molecule has 0 bridgehead atoms. The third-order valence-corrected chi connectivity index (χ3v) is 5.34. The number of benzene rings is 2. The number of anilines is 1. The Morgan fingerprint density at radius 1 is 1.14 bits per heavy atom. The van der Waals surface area contributed by atoms with Crippen LogP contribution in [0.5, 0.6) is 11.5 Å². The second kappa shape index (κ2) is 7.57. The Bertz CT molecular complexity index is 1080. The van der Waals surface area contributed by atoms with E-state index in [2.05, 4.69) is 15.3 Å². The molecule has 3 aromatic rings. The average Bonchev–Trinajstić information content (AvgIpc) is 3.32. The van der Waals surface area contributed by atoms with E-state index >= 15 is 0 Å².